The summed E-state index contributed by atoms with van der Waals surface area (Å²) in [7, 11) is 0. The summed E-state index contributed by atoms with van der Waals surface area (Å²) < 4.78 is 0. The molecular formula is C19H26N2O4. The fourth-order valence-electron chi connectivity index (χ4n) is 3.06. The van der Waals surface area contributed by atoms with Crippen LogP contribution in [0.3, 0.4) is 0 Å². The van der Waals surface area contributed by atoms with Gasteiger partial charge in [-0.1, -0.05) is 32.9 Å². The van der Waals surface area contributed by atoms with Gasteiger partial charge in [-0.2, -0.15) is 0 Å². The van der Waals surface area contributed by atoms with Crippen molar-refractivity contribution in [2.75, 3.05) is 13.1 Å². The molecule has 1 heterocycles. The molecular weight excluding hydrogens is 320 g/mol. The van der Waals surface area contributed by atoms with E-state index in [1.165, 1.54) is 4.90 Å². The van der Waals surface area contributed by atoms with Crippen molar-refractivity contribution in [2.45, 2.75) is 51.5 Å². The Labute approximate surface area is 148 Å². The fourth-order valence-corrected chi connectivity index (χ4v) is 3.06. The number of carboxylic acid groups (broad SMARTS) is 1. The molecule has 0 spiro atoms. The van der Waals surface area contributed by atoms with Gasteiger partial charge in [-0.05, 0) is 42.9 Å². The highest BCUT2D eigenvalue weighted by atomic mass is 16.4. The third-order valence-corrected chi connectivity index (χ3v) is 4.82. The van der Waals surface area contributed by atoms with E-state index in [2.05, 4.69) is 26.1 Å². The molecule has 1 aromatic carbocycles. The van der Waals surface area contributed by atoms with E-state index >= 15 is 0 Å². The maximum atomic E-state index is 12.3. The molecule has 6 nitrogen and oxygen atoms in total. The smallest absolute Gasteiger partial charge is 0.329 e. The molecule has 1 atom stereocenters. The lowest BCUT2D eigenvalue weighted by Gasteiger charge is -2.31. The molecule has 25 heavy (non-hydrogen) atoms. The Morgan fingerprint density at radius 3 is 2.32 bits per heavy atom. The molecule has 1 aromatic rings. The number of benzene rings is 1. The van der Waals surface area contributed by atoms with E-state index in [4.69, 9.17) is 0 Å². The van der Waals surface area contributed by atoms with Crippen LogP contribution in [0.25, 0.3) is 0 Å². The summed E-state index contributed by atoms with van der Waals surface area (Å²) in [4.78, 5) is 37.3. The first-order chi connectivity index (χ1) is 11.6. The summed E-state index contributed by atoms with van der Waals surface area (Å²) in [6.45, 7) is 8.02. The van der Waals surface area contributed by atoms with Gasteiger partial charge >= 0.3 is 5.97 Å². The summed E-state index contributed by atoms with van der Waals surface area (Å²) in [6, 6.07) is 7.27. The van der Waals surface area contributed by atoms with Crippen LogP contribution in [0.5, 0.6) is 0 Å². The minimum Gasteiger partial charge on any atom is -0.480 e. The van der Waals surface area contributed by atoms with Crippen LogP contribution in [0, 0.1) is 0 Å². The molecule has 6 heteroatoms. The third kappa shape index (κ3) is 4.00. The Kier molecular flexibility index (Phi) is 5.20. The Bertz CT molecular complexity index is 676. The third-order valence-electron chi connectivity index (χ3n) is 4.82. The van der Waals surface area contributed by atoms with Crippen molar-refractivity contribution in [1.82, 2.24) is 10.2 Å². The lowest BCUT2D eigenvalue weighted by Crippen LogP contribution is -2.53. The second-order valence-corrected chi connectivity index (χ2v) is 7.74. The van der Waals surface area contributed by atoms with Crippen LogP contribution in [0.4, 0.5) is 0 Å². The average molecular weight is 346 g/mol. The van der Waals surface area contributed by atoms with Crippen LogP contribution < -0.4 is 5.32 Å². The zero-order chi connectivity index (χ0) is 18.8. The first-order valence-corrected chi connectivity index (χ1v) is 8.48. The van der Waals surface area contributed by atoms with Crippen LogP contribution in [-0.4, -0.2) is 46.4 Å². The van der Waals surface area contributed by atoms with Crippen LogP contribution in [-0.2, 0) is 15.0 Å². The number of likely N-dealkylation sites (tertiary alicyclic amines) is 1. The van der Waals surface area contributed by atoms with Crippen molar-refractivity contribution in [3.8, 4) is 0 Å². The van der Waals surface area contributed by atoms with Crippen molar-refractivity contribution in [2.24, 2.45) is 0 Å². The molecule has 1 saturated heterocycles. The predicted molar refractivity (Wildman–Crippen MR) is 94.5 cm³/mol. The quantitative estimate of drug-likeness (QED) is 0.875. The van der Waals surface area contributed by atoms with E-state index < -0.39 is 11.5 Å². The van der Waals surface area contributed by atoms with E-state index in [1.54, 1.807) is 19.1 Å². The molecule has 0 aromatic heterocycles. The van der Waals surface area contributed by atoms with Crippen molar-refractivity contribution in [1.29, 1.82) is 0 Å². The van der Waals surface area contributed by atoms with Crippen molar-refractivity contribution >= 4 is 17.8 Å². The van der Waals surface area contributed by atoms with E-state index in [1.807, 2.05) is 12.1 Å². The zero-order valence-corrected chi connectivity index (χ0v) is 15.3. The second kappa shape index (κ2) is 6.86. The van der Waals surface area contributed by atoms with Gasteiger partial charge in [0.1, 0.15) is 5.54 Å². The van der Waals surface area contributed by atoms with Gasteiger partial charge in [0, 0.05) is 12.1 Å². The van der Waals surface area contributed by atoms with Gasteiger partial charge in [0.05, 0.1) is 6.54 Å². The number of hydrogen-bond acceptors (Lipinski definition) is 3. The van der Waals surface area contributed by atoms with Crippen molar-refractivity contribution < 1.29 is 19.5 Å². The van der Waals surface area contributed by atoms with Gasteiger partial charge in [-0.25, -0.2) is 4.79 Å². The number of nitrogens with one attached hydrogen (secondary N) is 1. The summed E-state index contributed by atoms with van der Waals surface area (Å²) in [5.74, 6) is -1.73. The van der Waals surface area contributed by atoms with Crippen LogP contribution in [0.15, 0.2) is 24.3 Å². The van der Waals surface area contributed by atoms with E-state index in [9.17, 15) is 19.5 Å². The summed E-state index contributed by atoms with van der Waals surface area (Å²) in [5.41, 5.74) is 0.413. The van der Waals surface area contributed by atoms with Crippen molar-refractivity contribution in [3.63, 3.8) is 0 Å². The zero-order valence-electron chi connectivity index (χ0n) is 15.3. The standard InChI is InChI=1S/C19H26N2O4/c1-18(2,3)14-8-6-13(7-9-14)16(23)20-12-15(22)21-11-5-10-19(21,4)17(24)25/h6-9H,5,10-12H2,1-4H3,(H,20,23)(H,24,25). The fraction of sp³-hybridized carbons (Fsp3) is 0.526. The van der Waals surface area contributed by atoms with Crippen LogP contribution in [0.1, 0.15) is 56.5 Å². The predicted octanol–water partition coefficient (Wildman–Crippen LogP) is 2.18. The first-order valence-electron chi connectivity index (χ1n) is 8.48. The topological polar surface area (TPSA) is 86.7 Å². The molecule has 0 saturated carbocycles. The number of hydrogen-bond donors (Lipinski definition) is 2. The lowest BCUT2D eigenvalue weighted by atomic mass is 9.87. The van der Waals surface area contributed by atoms with Gasteiger partial charge in [0.2, 0.25) is 5.91 Å². The number of carbonyl (C=O) groups excluding carboxylic acids is 2. The number of carbonyl (C=O) groups is 3. The molecule has 1 fully saturated rings. The lowest BCUT2D eigenvalue weighted by molar-refractivity contribution is -0.154. The van der Waals surface area contributed by atoms with E-state index in [0.29, 0.717) is 24.9 Å². The Hall–Kier alpha value is -2.37. The number of carboxylic acids is 1. The van der Waals surface area contributed by atoms with Gasteiger partial charge in [0.15, 0.2) is 0 Å². The van der Waals surface area contributed by atoms with Crippen LogP contribution in [0.2, 0.25) is 0 Å². The highest BCUT2D eigenvalue weighted by molar-refractivity contribution is 5.97. The van der Waals surface area contributed by atoms with Gasteiger partial charge in [-0.3, -0.25) is 9.59 Å². The molecule has 2 N–H and O–H groups in total. The van der Waals surface area contributed by atoms with Gasteiger partial charge in [0.25, 0.3) is 5.91 Å². The molecule has 0 bridgehead atoms. The van der Waals surface area contributed by atoms with Crippen LogP contribution >= 0.6 is 0 Å². The summed E-state index contributed by atoms with van der Waals surface area (Å²) >= 11 is 0. The molecule has 2 rings (SSSR count). The summed E-state index contributed by atoms with van der Waals surface area (Å²) in [6.07, 6.45) is 1.08. The van der Waals surface area contributed by atoms with E-state index in [-0.39, 0.29) is 23.8 Å². The Morgan fingerprint density at radius 2 is 1.80 bits per heavy atom. The number of aliphatic carboxylic acids is 1. The highest BCUT2D eigenvalue weighted by Crippen LogP contribution is 2.29. The normalized spacial score (nSPS) is 20.4. The average Bonchev–Trinajstić information content (AvgIpc) is 2.95. The molecule has 2 amide bonds. The number of rotatable bonds is 4. The molecule has 0 aliphatic carbocycles. The maximum absolute atomic E-state index is 12.3. The molecule has 1 aliphatic heterocycles. The van der Waals surface area contributed by atoms with E-state index in [0.717, 1.165) is 5.56 Å². The summed E-state index contributed by atoms with van der Waals surface area (Å²) in [5, 5.41) is 11.9. The molecule has 0 radical (unpaired) electrons. The second-order valence-electron chi connectivity index (χ2n) is 7.74. The Balaban J connectivity index is 1.98. The molecule has 1 unspecified atom stereocenters. The number of nitrogens with zero attached hydrogens (tertiary/aromatic N) is 1. The maximum Gasteiger partial charge on any atom is 0.329 e. The largest absolute Gasteiger partial charge is 0.480 e. The number of amides is 2. The van der Waals surface area contributed by atoms with Crippen molar-refractivity contribution in [3.05, 3.63) is 35.4 Å². The first kappa shape index (κ1) is 19.0. The highest BCUT2D eigenvalue weighted by Gasteiger charge is 2.45. The minimum absolute atomic E-state index is 0.00200. The minimum atomic E-state index is -1.18. The Morgan fingerprint density at radius 1 is 1.20 bits per heavy atom. The SMILES string of the molecule is CC(C)(C)c1ccc(C(=O)NCC(=O)N2CCCC2(C)C(=O)O)cc1. The molecule has 136 valence electrons. The monoisotopic (exact) mass is 346 g/mol. The van der Waals surface area contributed by atoms with Gasteiger partial charge in [-0.15, -0.1) is 0 Å². The molecule has 1 aliphatic rings. The van der Waals surface area contributed by atoms with Gasteiger partial charge < -0.3 is 15.3 Å².